The van der Waals surface area contributed by atoms with Gasteiger partial charge >= 0.3 is 0 Å². The van der Waals surface area contributed by atoms with Crippen LogP contribution in [0.2, 0.25) is 0 Å². The standard InChI is InChI=1S/C11H15NO2S/c1-7-4-3-5-9-10(12)8(2)6-15(13,14)11(7)9/h3-5,8,10H,6,12H2,1-2H3. The van der Waals surface area contributed by atoms with Crippen LogP contribution in [0, 0.1) is 12.8 Å². The molecule has 0 fully saturated rings. The van der Waals surface area contributed by atoms with Gasteiger partial charge in [-0.2, -0.15) is 0 Å². The summed E-state index contributed by atoms with van der Waals surface area (Å²) in [7, 11) is -3.13. The molecule has 1 aromatic rings. The maximum absolute atomic E-state index is 12.0. The molecule has 82 valence electrons. The average molecular weight is 225 g/mol. The number of rotatable bonds is 0. The molecule has 2 rings (SSSR count). The van der Waals surface area contributed by atoms with Crippen molar-refractivity contribution in [1.29, 1.82) is 0 Å². The van der Waals surface area contributed by atoms with Crippen molar-refractivity contribution in [3.63, 3.8) is 0 Å². The first-order chi connectivity index (χ1) is 6.93. The lowest BCUT2D eigenvalue weighted by molar-refractivity contribution is 0.477. The van der Waals surface area contributed by atoms with Crippen LogP contribution in [0.4, 0.5) is 0 Å². The van der Waals surface area contributed by atoms with Crippen molar-refractivity contribution in [3.8, 4) is 0 Å². The van der Waals surface area contributed by atoms with E-state index < -0.39 is 9.84 Å². The first-order valence-electron chi connectivity index (χ1n) is 5.01. The molecule has 0 bridgehead atoms. The van der Waals surface area contributed by atoms with Gasteiger partial charge in [-0.15, -0.1) is 0 Å². The molecule has 2 unspecified atom stereocenters. The molecule has 0 radical (unpaired) electrons. The maximum Gasteiger partial charge on any atom is 0.179 e. The number of hydrogen-bond acceptors (Lipinski definition) is 3. The largest absolute Gasteiger partial charge is 0.324 e. The predicted molar refractivity (Wildman–Crippen MR) is 59.3 cm³/mol. The molecule has 0 saturated heterocycles. The minimum absolute atomic E-state index is 0.00991. The summed E-state index contributed by atoms with van der Waals surface area (Å²) in [6, 6.07) is 5.34. The Kier molecular flexibility index (Phi) is 2.35. The van der Waals surface area contributed by atoms with E-state index in [1.54, 1.807) is 0 Å². The summed E-state index contributed by atoms with van der Waals surface area (Å²) >= 11 is 0. The van der Waals surface area contributed by atoms with E-state index in [4.69, 9.17) is 5.73 Å². The Labute approximate surface area is 90.2 Å². The van der Waals surface area contributed by atoms with E-state index in [0.717, 1.165) is 11.1 Å². The zero-order valence-corrected chi connectivity index (χ0v) is 9.71. The minimum Gasteiger partial charge on any atom is -0.324 e. The number of fused-ring (bicyclic) bond motifs is 1. The molecule has 3 nitrogen and oxygen atoms in total. The highest BCUT2D eigenvalue weighted by molar-refractivity contribution is 7.91. The van der Waals surface area contributed by atoms with Crippen LogP contribution in [0.3, 0.4) is 0 Å². The van der Waals surface area contributed by atoms with Crippen LogP contribution in [0.25, 0.3) is 0 Å². The van der Waals surface area contributed by atoms with E-state index in [9.17, 15) is 8.42 Å². The number of hydrogen-bond donors (Lipinski definition) is 1. The van der Waals surface area contributed by atoms with Gasteiger partial charge in [-0.25, -0.2) is 8.42 Å². The van der Waals surface area contributed by atoms with Crippen LogP contribution in [0.5, 0.6) is 0 Å². The number of nitrogens with two attached hydrogens (primary N) is 1. The van der Waals surface area contributed by atoms with E-state index in [0.29, 0.717) is 4.90 Å². The topological polar surface area (TPSA) is 60.2 Å². The Hall–Kier alpha value is -0.870. The lowest BCUT2D eigenvalue weighted by Crippen LogP contribution is -2.33. The highest BCUT2D eigenvalue weighted by Crippen LogP contribution is 2.35. The summed E-state index contributed by atoms with van der Waals surface area (Å²) < 4.78 is 24.0. The lowest BCUT2D eigenvalue weighted by Gasteiger charge is -2.29. The molecule has 0 aliphatic carbocycles. The highest BCUT2D eigenvalue weighted by Gasteiger charge is 2.34. The Morgan fingerprint density at radius 3 is 2.73 bits per heavy atom. The van der Waals surface area contributed by atoms with Gasteiger partial charge in [0.25, 0.3) is 0 Å². The van der Waals surface area contributed by atoms with Crippen molar-refractivity contribution in [2.75, 3.05) is 5.75 Å². The number of sulfone groups is 1. The summed E-state index contributed by atoms with van der Waals surface area (Å²) in [5.41, 5.74) is 7.59. The molecule has 0 aromatic heterocycles. The smallest absolute Gasteiger partial charge is 0.179 e. The summed E-state index contributed by atoms with van der Waals surface area (Å²) in [5, 5.41) is 0. The SMILES string of the molecule is Cc1cccc2c1S(=O)(=O)CC(C)C2N. The van der Waals surface area contributed by atoms with Crippen LogP contribution in [0.1, 0.15) is 24.1 Å². The van der Waals surface area contributed by atoms with Gasteiger partial charge in [0.1, 0.15) is 0 Å². The Bertz CT molecular complexity index is 493. The molecule has 0 spiro atoms. The zero-order chi connectivity index (χ0) is 11.2. The van der Waals surface area contributed by atoms with Crippen LogP contribution in [0.15, 0.2) is 23.1 Å². The monoisotopic (exact) mass is 225 g/mol. The fraction of sp³-hybridized carbons (Fsp3) is 0.455. The van der Waals surface area contributed by atoms with Gasteiger partial charge in [0.05, 0.1) is 10.6 Å². The summed E-state index contributed by atoms with van der Waals surface area (Å²) in [6.45, 7) is 3.70. The van der Waals surface area contributed by atoms with Crippen molar-refractivity contribution in [2.45, 2.75) is 24.8 Å². The third-order valence-electron chi connectivity index (χ3n) is 3.01. The minimum atomic E-state index is -3.13. The normalized spacial score (nSPS) is 28.5. The summed E-state index contributed by atoms with van der Waals surface area (Å²) in [5.74, 6) is 0.149. The quantitative estimate of drug-likeness (QED) is 0.726. The molecule has 2 N–H and O–H groups in total. The molecular weight excluding hydrogens is 210 g/mol. The van der Waals surface area contributed by atoms with Crippen LogP contribution in [-0.2, 0) is 9.84 Å². The third-order valence-corrected chi connectivity index (χ3v) is 5.15. The molecule has 0 amide bonds. The first kappa shape index (κ1) is 10.6. The van der Waals surface area contributed by atoms with Gasteiger partial charge in [0.2, 0.25) is 0 Å². The Morgan fingerprint density at radius 2 is 2.07 bits per heavy atom. The number of benzene rings is 1. The van der Waals surface area contributed by atoms with Gasteiger partial charge in [-0.3, -0.25) is 0 Å². The third kappa shape index (κ3) is 1.58. The second kappa shape index (κ2) is 3.32. The molecule has 1 aliphatic rings. The lowest BCUT2D eigenvalue weighted by atomic mass is 9.95. The van der Waals surface area contributed by atoms with Crippen LogP contribution < -0.4 is 5.73 Å². The maximum atomic E-state index is 12.0. The first-order valence-corrected chi connectivity index (χ1v) is 6.66. The average Bonchev–Trinajstić information content (AvgIpc) is 2.13. The van der Waals surface area contributed by atoms with E-state index in [1.165, 1.54) is 0 Å². The van der Waals surface area contributed by atoms with Crippen molar-refractivity contribution in [2.24, 2.45) is 11.7 Å². The van der Waals surface area contributed by atoms with Crippen molar-refractivity contribution in [1.82, 2.24) is 0 Å². The summed E-state index contributed by atoms with van der Waals surface area (Å²) in [6.07, 6.45) is 0. The molecule has 4 heteroatoms. The van der Waals surface area contributed by atoms with Gasteiger partial charge in [0, 0.05) is 6.04 Å². The van der Waals surface area contributed by atoms with E-state index >= 15 is 0 Å². The predicted octanol–water partition coefficient (Wildman–Crippen LogP) is 1.42. The fourth-order valence-electron chi connectivity index (χ4n) is 2.20. The Balaban J connectivity index is 2.76. The van der Waals surface area contributed by atoms with E-state index in [1.807, 2.05) is 32.0 Å². The van der Waals surface area contributed by atoms with Gasteiger partial charge in [-0.1, -0.05) is 25.1 Å². The van der Waals surface area contributed by atoms with E-state index in [-0.39, 0.29) is 17.7 Å². The molecule has 1 aliphatic heterocycles. The number of aryl methyl sites for hydroxylation is 1. The van der Waals surface area contributed by atoms with E-state index in [2.05, 4.69) is 0 Å². The molecule has 1 aromatic carbocycles. The van der Waals surface area contributed by atoms with Gasteiger partial charge < -0.3 is 5.73 Å². The Morgan fingerprint density at radius 1 is 1.40 bits per heavy atom. The van der Waals surface area contributed by atoms with Crippen molar-refractivity contribution in [3.05, 3.63) is 29.3 Å². The molecule has 2 atom stereocenters. The second-order valence-electron chi connectivity index (χ2n) is 4.28. The van der Waals surface area contributed by atoms with Crippen LogP contribution in [-0.4, -0.2) is 14.2 Å². The molecular formula is C11H15NO2S. The van der Waals surface area contributed by atoms with Crippen molar-refractivity contribution >= 4 is 9.84 Å². The molecule has 1 heterocycles. The summed E-state index contributed by atoms with van der Waals surface area (Å²) in [4.78, 5) is 0.454. The molecule has 15 heavy (non-hydrogen) atoms. The van der Waals surface area contributed by atoms with Crippen LogP contribution >= 0.6 is 0 Å². The van der Waals surface area contributed by atoms with Gasteiger partial charge in [0.15, 0.2) is 9.84 Å². The van der Waals surface area contributed by atoms with Gasteiger partial charge in [-0.05, 0) is 24.0 Å². The molecule has 0 saturated carbocycles. The zero-order valence-electron chi connectivity index (χ0n) is 8.90. The van der Waals surface area contributed by atoms with Crippen molar-refractivity contribution < 1.29 is 8.42 Å². The second-order valence-corrected chi connectivity index (χ2v) is 6.25. The fourth-order valence-corrected chi connectivity index (χ4v) is 4.39. The highest BCUT2D eigenvalue weighted by atomic mass is 32.2.